The molecule has 2 atom stereocenters. The first-order valence-electron chi connectivity index (χ1n) is 8.56. The van der Waals surface area contributed by atoms with Gasteiger partial charge in [-0.2, -0.15) is 0 Å². The Kier molecular flexibility index (Phi) is 5.30. The third kappa shape index (κ3) is 3.72. The zero-order chi connectivity index (χ0) is 13.9. The third-order valence-electron chi connectivity index (χ3n) is 5.75. The van der Waals surface area contributed by atoms with Crippen LogP contribution in [0.15, 0.2) is 0 Å². The van der Waals surface area contributed by atoms with Gasteiger partial charge in [0.2, 0.25) is 0 Å². The minimum absolute atomic E-state index is 0.320. The van der Waals surface area contributed by atoms with E-state index in [0.717, 1.165) is 24.3 Å². The lowest BCUT2D eigenvalue weighted by Gasteiger charge is -2.43. The first-order chi connectivity index (χ1) is 9.11. The first kappa shape index (κ1) is 15.3. The molecule has 2 aliphatic rings. The molecule has 2 unspecified atom stereocenters. The predicted molar refractivity (Wildman–Crippen MR) is 83.2 cm³/mol. The summed E-state index contributed by atoms with van der Waals surface area (Å²) in [6.07, 6.45) is 9.73. The van der Waals surface area contributed by atoms with Gasteiger partial charge < -0.3 is 5.73 Å². The number of hydrogen-bond acceptors (Lipinski definition) is 2. The van der Waals surface area contributed by atoms with Gasteiger partial charge >= 0.3 is 0 Å². The van der Waals surface area contributed by atoms with E-state index < -0.39 is 0 Å². The molecule has 2 nitrogen and oxygen atoms in total. The molecule has 2 N–H and O–H groups in total. The summed E-state index contributed by atoms with van der Waals surface area (Å²) in [5, 5.41) is 0. The van der Waals surface area contributed by atoms with Crippen molar-refractivity contribution >= 4 is 0 Å². The molecule has 0 saturated heterocycles. The summed E-state index contributed by atoms with van der Waals surface area (Å²) in [5.41, 5.74) is 6.58. The number of hydrogen-bond donors (Lipinski definition) is 1. The second kappa shape index (κ2) is 6.58. The van der Waals surface area contributed by atoms with Gasteiger partial charge in [-0.3, -0.25) is 4.90 Å². The molecule has 112 valence electrons. The molecular weight excluding hydrogens is 232 g/mol. The van der Waals surface area contributed by atoms with Crippen molar-refractivity contribution in [1.29, 1.82) is 0 Å². The van der Waals surface area contributed by atoms with E-state index in [9.17, 15) is 0 Å². The molecule has 2 fully saturated rings. The fourth-order valence-corrected chi connectivity index (χ4v) is 4.00. The molecule has 0 radical (unpaired) electrons. The lowest BCUT2D eigenvalue weighted by atomic mass is 9.85. The van der Waals surface area contributed by atoms with Gasteiger partial charge in [0, 0.05) is 18.6 Å². The Morgan fingerprint density at radius 3 is 2.42 bits per heavy atom. The maximum Gasteiger partial charge on any atom is 0.0331 e. The van der Waals surface area contributed by atoms with Gasteiger partial charge in [0.25, 0.3) is 0 Å². The van der Waals surface area contributed by atoms with Crippen molar-refractivity contribution in [3.8, 4) is 0 Å². The molecule has 2 aliphatic carbocycles. The summed E-state index contributed by atoms with van der Waals surface area (Å²) in [5.74, 6) is 2.74. The Hall–Kier alpha value is -0.0800. The molecule has 0 aliphatic heterocycles. The predicted octanol–water partition coefficient (Wildman–Crippen LogP) is 3.65. The molecule has 0 spiro atoms. The summed E-state index contributed by atoms with van der Waals surface area (Å²) in [6, 6.07) is 0. The molecule has 2 heteroatoms. The fraction of sp³-hybridized carbons (Fsp3) is 1.00. The van der Waals surface area contributed by atoms with Gasteiger partial charge in [0.15, 0.2) is 0 Å². The van der Waals surface area contributed by atoms with Gasteiger partial charge in [0.05, 0.1) is 0 Å². The largest absolute Gasteiger partial charge is 0.329 e. The van der Waals surface area contributed by atoms with Crippen LogP contribution in [0.25, 0.3) is 0 Å². The van der Waals surface area contributed by atoms with Crippen LogP contribution in [0.5, 0.6) is 0 Å². The van der Waals surface area contributed by atoms with Crippen molar-refractivity contribution in [3.05, 3.63) is 0 Å². The molecule has 19 heavy (non-hydrogen) atoms. The summed E-state index contributed by atoms with van der Waals surface area (Å²) < 4.78 is 0. The summed E-state index contributed by atoms with van der Waals surface area (Å²) in [4.78, 5) is 2.74. The smallest absolute Gasteiger partial charge is 0.0331 e. The highest BCUT2D eigenvalue weighted by Gasteiger charge is 2.39. The topological polar surface area (TPSA) is 29.3 Å². The van der Waals surface area contributed by atoms with Crippen molar-refractivity contribution in [3.63, 3.8) is 0 Å². The zero-order valence-corrected chi connectivity index (χ0v) is 13.3. The van der Waals surface area contributed by atoms with Crippen LogP contribution >= 0.6 is 0 Å². The van der Waals surface area contributed by atoms with E-state index >= 15 is 0 Å². The molecule has 0 aromatic heterocycles. The van der Waals surface area contributed by atoms with Crippen LogP contribution in [0.2, 0.25) is 0 Å². The quantitative estimate of drug-likeness (QED) is 0.744. The van der Waals surface area contributed by atoms with E-state index in [1.54, 1.807) is 0 Å². The van der Waals surface area contributed by atoms with Crippen molar-refractivity contribution in [2.45, 2.75) is 71.3 Å². The van der Waals surface area contributed by atoms with E-state index in [2.05, 4.69) is 25.7 Å². The molecule has 0 aromatic rings. The SMILES string of the molecule is CCN(CC1CC1)C1(CN)CCCC(C(C)C)CC1. The third-order valence-corrected chi connectivity index (χ3v) is 5.75. The van der Waals surface area contributed by atoms with Gasteiger partial charge in [-0.05, 0) is 56.4 Å². The Morgan fingerprint density at radius 1 is 1.16 bits per heavy atom. The minimum atomic E-state index is 0.320. The van der Waals surface area contributed by atoms with Gasteiger partial charge in [-0.25, -0.2) is 0 Å². The van der Waals surface area contributed by atoms with Crippen LogP contribution in [0.3, 0.4) is 0 Å². The monoisotopic (exact) mass is 266 g/mol. The van der Waals surface area contributed by atoms with E-state index in [4.69, 9.17) is 5.73 Å². The Morgan fingerprint density at radius 2 is 1.89 bits per heavy atom. The highest BCUT2D eigenvalue weighted by molar-refractivity contribution is 4.96. The second-order valence-corrected chi connectivity index (χ2v) is 7.35. The van der Waals surface area contributed by atoms with Gasteiger partial charge in [0.1, 0.15) is 0 Å². The van der Waals surface area contributed by atoms with Crippen LogP contribution in [-0.2, 0) is 0 Å². The summed E-state index contributed by atoms with van der Waals surface area (Å²) >= 11 is 0. The lowest BCUT2D eigenvalue weighted by Crippen LogP contribution is -2.54. The van der Waals surface area contributed by atoms with E-state index in [0.29, 0.717) is 5.54 Å². The molecule has 0 bridgehead atoms. The van der Waals surface area contributed by atoms with E-state index in [-0.39, 0.29) is 0 Å². The molecule has 0 amide bonds. The standard InChI is InChI=1S/C17H34N2/c1-4-19(12-15-7-8-15)17(13-18)10-5-6-16(9-11-17)14(2)3/h14-16H,4-13,18H2,1-3H3. The van der Waals surface area contributed by atoms with Gasteiger partial charge in [-0.15, -0.1) is 0 Å². The molecule has 0 heterocycles. The van der Waals surface area contributed by atoms with E-state index in [1.165, 1.54) is 58.0 Å². The second-order valence-electron chi connectivity index (χ2n) is 7.35. The Balaban J connectivity index is 2.02. The average molecular weight is 266 g/mol. The minimum Gasteiger partial charge on any atom is -0.329 e. The molecule has 0 aromatic carbocycles. The maximum absolute atomic E-state index is 6.26. The number of rotatable bonds is 6. The van der Waals surface area contributed by atoms with Crippen molar-refractivity contribution < 1.29 is 0 Å². The highest BCUT2D eigenvalue weighted by Crippen LogP contribution is 2.39. The van der Waals surface area contributed by atoms with Crippen LogP contribution in [-0.4, -0.2) is 30.1 Å². The first-order valence-corrected chi connectivity index (χ1v) is 8.56. The van der Waals surface area contributed by atoms with Crippen molar-refractivity contribution in [2.75, 3.05) is 19.6 Å². The highest BCUT2D eigenvalue weighted by atomic mass is 15.2. The van der Waals surface area contributed by atoms with Crippen molar-refractivity contribution in [1.82, 2.24) is 4.90 Å². The lowest BCUT2D eigenvalue weighted by molar-refractivity contribution is 0.0767. The summed E-state index contributed by atoms with van der Waals surface area (Å²) in [6.45, 7) is 10.5. The van der Waals surface area contributed by atoms with Gasteiger partial charge in [-0.1, -0.05) is 33.6 Å². The molecular formula is C17H34N2. The normalized spacial score (nSPS) is 32.8. The Bertz CT molecular complexity index is 272. The number of nitrogens with zero attached hydrogens (tertiary/aromatic N) is 1. The van der Waals surface area contributed by atoms with Crippen LogP contribution in [0, 0.1) is 17.8 Å². The van der Waals surface area contributed by atoms with Crippen molar-refractivity contribution in [2.24, 2.45) is 23.5 Å². The number of nitrogens with two attached hydrogens (primary N) is 1. The van der Waals surface area contributed by atoms with Crippen LogP contribution in [0.1, 0.15) is 65.7 Å². The van der Waals surface area contributed by atoms with Crippen LogP contribution < -0.4 is 5.73 Å². The fourth-order valence-electron chi connectivity index (χ4n) is 4.00. The zero-order valence-electron chi connectivity index (χ0n) is 13.3. The average Bonchev–Trinajstić information content (AvgIpc) is 3.22. The summed E-state index contributed by atoms with van der Waals surface area (Å²) in [7, 11) is 0. The maximum atomic E-state index is 6.26. The Labute approximate surface area is 120 Å². The molecule has 2 saturated carbocycles. The molecule has 2 rings (SSSR count). The number of likely N-dealkylation sites (N-methyl/N-ethyl adjacent to an activating group) is 1. The van der Waals surface area contributed by atoms with E-state index in [1.807, 2.05) is 0 Å². The van der Waals surface area contributed by atoms with Crippen LogP contribution in [0.4, 0.5) is 0 Å².